The zero-order valence-electron chi connectivity index (χ0n) is 9.68. The minimum absolute atomic E-state index is 0.369. The minimum Gasteiger partial charge on any atom is -0.310 e. The number of hydrogen-bond donors (Lipinski definition) is 1. The fourth-order valence-electron chi connectivity index (χ4n) is 1.65. The Labute approximate surface area is 100 Å². The first kappa shape index (κ1) is 11.4. The van der Waals surface area contributed by atoms with Gasteiger partial charge in [0.25, 0.3) is 0 Å². The summed E-state index contributed by atoms with van der Waals surface area (Å²) in [5.41, 5.74) is 1.24. The average molecular weight is 235 g/mol. The molecule has 86 valence electrons. The highest BCUT2D eigenvalue weighted by atomic mass is 32.1. The number of nitrogens with one attached hydrogen (secondary N) is 1. The van der Waals surface area contributed by atoms with Gasteiger partial charge in [-0.05, 0) is 24.8 Å². The van der Waals surface area contributed by atoms with Gasteiger partial charge in [-0.15, -0.1) is 11.3 Å². The molecule has 4 heteroatoms. The fraction of sp³-hybridized carbons (Fsp3) is 0.417. The molecule has 0 aromatic carbocycles. The molecular weight excluding hydrogens is 218 g/mol. The third kappa shape index (κ3) is 2.93. The van der Waals surface area contributed by atoms with Crippen LogP contribution in [0.3, 0.4) is 0 Å². The van der Waals surface area contributed by atoms with E-state index in [-0.39, 0.29) is 0 Å². The van der Waals surface area contributed by atoms with Crippen molar-refractivity contribution in [2.45, 2.75) is 19.4 Å². The third-order valence-electron chi connectivity index (χ3n) is 2.63. The molecule has 0 saturated heterocycles. The second-order valence-electron chi connectivity index (χ2n) is 3.95. The lowest BCUT2D eigenvalue weighted by Crippen LogP contribution is -2.20. The van der Waals surface area contributed by atoms with Gasteiger partial charge in [0.05, 0.1) is 6.20 Å². The van der Waals surface area contributed by atoms with Gasteiger partial charge in [-0.1, -0.05) is 6.07 Å². The van der Waals surface area contributed by atoms with Crippen molar-refractivity contribution in [3.8, 4) is 0 Å². The average Bonchev–Trinajstić information content (AvgIpc) is 2.89. The summed E-state index contributed by atoms with van der Waals surface area (Å²) in [5, 5.41) is 9.80. The molecule has 0 amide bonds. The second-order valence-corrected chi connectivity index (χ2v) is 4.98. The number of aromatic nitrogens is 2. The summed E-state index contributed by atoms with van der Waals surface area (Å²) in [6.07, 6.45) is 5.08. The van der Waals surface area contributed by atoms with E-state index < -0.39 is 0 Å². The molecule has 2 aromatic rings. The molecule has 0 saturated carbocycles. The van der Waals surface area contributed by atoms with Crippen molar-refractivity contribution in [3.63, 3.8) is 0 Å². The van der Waals surface area contributed by atoms with E-state index in [0.717, 1.165) is 13.0 Å². The highest BCUT2D eigenvalue weighted by Crippen LogP contribution is 2.12. The van der Waals surface area contributed by atoms with Gasteiger partial charge < -0.3 is 5.32 Å². The maximum atomic E-state index is 4.17. The topological polar surface area (TPSA) is 29.9 Å². The standard InChI is InChI=1S/C12H17N3S/c1-10(11-8-14-15(2)9-11)13-6-5-12-4-3-7-16-12/h3-4,7-10,13H,5-6H2,1-2H3. The molecule has 0 fully saturated rings. The van der Waals surface area contributed by atoms with Crippen LogP contribution in [0.5, 0.6) is 0 Å². The van der Waals surface area contributed by atoms with E-state index in [1.807, 2.05) is 29.3 Å². The number of thiophene rings is 1. The van der Waals surface area contributed by atoms with E-state index in [9.17, 15) is 0 Å². The third-order valence-corrected chi connectivity index (χ3v) is 3.56. The molecule has 16 heavy (non-hydrogen) atoms. The van der Waals surface area contributed by atoms with Crippen molar-refractivity contribution in [2.24, 2.45) is 7.05 Å². The predicted octanol–water partition coefficient (Wildman–Crippen LogP) is 2.37. The lowest BCUT2D eigenvalue weighted by Gasteiger charge is -2.10. The van der Waals surface area contributed by atoms with Gasteiger partial charge in [-0.25, -0.2) is 0 Å². The molecule has 1 atom stereocenters. The molecule has 0 bridgehead atoms. The molecule has 0 aliphatic rings. The van der Waals surface area contributed by atoms with Crippen molar-refractivity contribution in [3.05, 3.63) is 40.3 Å². The molecule has 0 spiro atoms. The van der Waals surface area contributed by atoms with Gasteiger partial charge in [0.15, 0.2) is 0 Å². The molecule has 2 heterocycles. The number of nitrogens with zero attached hydrogens (tertiary/aromatic N) is 2. The monoisotopic (exact) mass is 235 g/mol. The molecule has 0 radical (unpaired) electrons. The number of hydrogen-bond acceptors (Lipinski definition) is 3. The Morgan fingerprint density at radius 3 is 3.06 bits per heavy atom. The largest absolute Gasteiger partial charge is 0.310 e. The van der Waals surface area contributed by atoms with Gasteiger partial charge in [0.1, 0.15) is 0 Å². The maximum absolute atomic E-state index is 4.17. The lowest BCUT2D eigenvalue weighted by molar-refractivity contribution is 0.578. The molecule has 2 rings (SSSR count). The van der Waals surface area contributed by atoms with Crippen LogP contribution in [0.4, 0.5) is 0 Å². The molecule has 1 N–H and O–H groups in total. The quantitative estimate of drug-likeness (QED) is 0.862. The van der Waals surface area contributed by atoms with Gasteiger partial charge in [0, 0.05) is 36.3 Å². The summed E-state index contributed by atoms with van der Waals surface area (Å²) in [6.45, 7) is 3.18. The van der Waals surface area contributed by atoms with Crippen molar-refractivity contribution in [1.82, 2.24) is 15.1 Å². The van der Waals surface area contributed by atoms with Crippen LogP contribution in [0.1, 0.15) is 23.4 Å². The summed E-state index contributed by atoms with van der Waals surface area (Å²) < 4.78 is 1.84. The van der Waals surface area contributed by atoms with Crippen LogP contribution in [-0.2, 0) is 13.5 Å². The van der Waals surface area contributed by atoms with Gasteiger partial charge in [-0.3, -0.25) is 4.68 Å². The first-order chi connectivity index (χ1) is 7.75. The van der Waals surface area contributed by atoms with Crippen LogP contribution in [-0.4, -0.2) is 16.3 Å². The normalized spacial score (nSPS) is 12.9. The van der Waals surface area contributed by atoms with Gasteiger partial charge in [-0.2, -0.15) is 5.10 Å². The molecular formula is C12H17N3S. The highest BCUT2D eigenvalue weighted by molar-refractivity contribution is 7.09. The Morgan fingerprint density at radius 1 is 1.56 bits per heavy atom. The Kier molecular flexibility index (Phi) is 3.74. The lowest BCUT2D eigenvalue weighted by atomic mass is 10.2. The predicted molar refractivity (Wildman–Crippen MR) is 67.6 cm³/mol. The Bertz CT molecular complexity index is 419. The summed E-state index contributed by atoms with van der Waals surface area (Å²) >= 11 is 1.82. The van der Waals surface area contributed by atoms with E-state index in [0.29, 0.717) is 6.04 Å². The van der Waals surface area contributed by atoms with Crippen molar-refractivity contribution in [1.29, 1.82) is 0 Å². The first-order valence-electron chi connectivity index (χ1n) is 5.50. The highest BCUT2D eigenvalue weighted by Gasteiger charge is 2.06. The van der Waals surface area contributed by atoms with E-state index in [2.05, 4.69) is 41.0 Å². The summed E-state index contributed by atoms with van der Waals surface area (Å²) in [6, 6.07) is 4.65. The van der Waals surface area contributed by atoms with Crippen LogP contribution in [0.25, 0.3) is 0 Å². The number of aryl methyl sites for hydroxylation is 1. The van der Waals surface area contributed by atoms with Crippen molar-refractivity contribution >= 4 is 11.3 Å². The molecule has 3 nitrogen and oxygen atoms in total. The second kappa shape index (κ2) is 5.27. The molecule has 0 aliphatic carbocycles. The van der Waals surface area contributed by atoms with Crippen LogP contribution in [0.2, 0.25) is 0 Å². The van der Waals surface area contributed by atoms with Crippen molar-refractivity contribution in [2.75, 3.05) is 6.54 Å². The van der Waals surface area contributed by atoms with Crippen LogP contribution in [0, 0.1) is 0 Å². The first-order valence-corrected chi connectivity index (χ1v) is 6.38. The maximum Gasteiger partial charge on any atom is 0.0537 e. The van der Waals surface area contributed by atoms with Crippen LogP contribution in [0.15, 0.2) is 29.9 Å². The molecule has 0 aliphatic heterocycles. The molecule has 1 unspecified atom stereocenters. The SMILES string of the molecule is CC(NCCc1cccs1)c1cnn(C)c1. The zero-order valence-corrected chi connectivity index (χ0v) is 10.5. The van der Waals surface area contributed by atoms with E-state index in [1.165, 1.54) is 10.4 Å². The summed E-state index contributed by atoms with van der Waals surface area (Å²) in [5.74, 6) is 0. The molecule has 2 aromatic heterocycles. The zero-order chi connectivity index (χ0) is 11.4. The Hall–Kier alpha value is -1.13. The Morgan fingerprint density at radius 2 is 2.44 bits per heavy atom. The number of rotatable bonds is 5. The summed E-state index contributed by atoms with van der Waals surface area (Å²) in [7, 11) is 1.95. The van der Waals surface area contributed by atoms with Crippen LogP contribution >= 0.6 is 11.3 Å². The van der Waals surface area contributed by atoms with Crippen LogP contribution < -0.4 is 5.32 Å². The Balaban J connectivity index is 1.78. The summed E-state index contributed by atoms with van der Waals surface area (Å²) in [4.78, 5) is 1.44. The van der Waals surface area contributed by atoms with Gasteiger partial charge >= 0.3 is 0 Å². The van der Waals surface area contributed by atoms with Gasteiger partial charge in [0.2, 0.25) is 0 Å². The smallest absolute Gasteiger partial charge is 0.0537 e. The fourth-order valence-corrected chi connectivity index (χ4v) is 2.36. The van der Waals surface area contributed by atoms with E-state index in [4.69, 9.17) is 0 Å². The van der Waals surface area contributed by atoms with E-state index in [1.54, 1.807) is 0 Å². The van der Waals surface area contributed by atoms with E-state index >= 15 is 0 Å². The minimum atomic E-state index is 0.369. The van der Waals surface area contributed by atoms with Crippen molar-refractivity contribution < 1.29 is 0 Å².